The summed E-state index contributed by atoms with van der Waals surface area (Å²) in [4.78, 5) is 4.81. The second-order valence-corrected chi connectivity index (χ2v) is 29.6. The molecular weight excluding hydrogens is 805 g/mol. The Morgan fingerprint density at radius 1 is 0.219 bits per heavy atom. The highest BCUT2D eigenvalue weighted by atomic mass is 28.3. The molecule has 11 rings (SSSR count). The summed E-state index contributed by atoms with van der Waals surface area (Å²) in [6.45, 7) is 14.5. The minimum absolute atomic E-state index is 1.15. The second-order valence-electron chi connectivity index (χ2n) is 19.4. The average molecular weight is 857 g/mol. The summed E-state index contributed by atoms with van der Waals surface area (Å²) in [6, 6.07) is 77.3. The first kappa shape index (κ1) is 39.8. The van der Waals surface area contributed by atoms with E-state index in [2.05, 4.69) is 255 Å². The minimum atomic E-state index is -1.45. The molecule has 11 aromatic rings. The van der Waals surface area contributed by atoms with Crippen LogP contribution >= 0.6 is 0 Å². The first-order chi connectivity index (χ1) is 31.0. The van der Waals surface area contributed by atoms with Gasteiger partial charge in [0.05, 0.1) is 16.1 Å². The highest BCUT2D eigenvalue weighted by Crippen LogP contribution is 2.46. The van der Waals surface area contributed by atoms with Crippen LogP contribution in [-0.4, -0.2) is 16.1 Å². The third-order valence-corrected chi connectivity index (χ3v) is 17.4. The lowest BCUT2D eigenvalue weighted by atomic mass is 9.88. The number of rotatable bonds is 8. The number of benzene rings is 11. The van der Waals surface area contributed by atoms with Crippen LogP contribution in [0.2, 0.25) is 39.3 Å². The van der Waals surface area contributed by atoms with Crippen molar-refractivity contribution >= 4 is 125 Å². The van der Waals surface area contributed by atoms with E-state index in [0.29, 0.717) is 0 Å². The van der Waals surface area contributed by atoms with Gasteiger partial charge >= 0.3 is 0 Å². The molecule has 4 heteroatoms. The summed E-state index contributed by atoms with van der Waals surface area (Å²) in [5.41, 5.74) is 6.91. The lowest BCUT2D eigenvalue weighted by Gasteiger charge is -2.27. The normalized spacial score (nSPS) is 12.2. The molecule has 11 aromatic carbocycles. The van der Waals surface area contributed by atoms with E-state index in [9.17, 15) is 0 Å². The standard InChI is InChI=1S/C60H52N2Si2/c1-63(2,3)47-31-25-43(26-32-47)61(41-17-9-7-10-18-41)45-29-35-53-55(37-45)49-21-13-15-23-51(49)57-40-60-54-36-30-46(38-56(54)50-22-14-16-24-52(50)58(60)39-59(53)57)62(42-19-11-8-12-20-42)44-27-33-48(34-28-44)64(4,5)6/h7-40H,1-6H3. The first-order valence-electron chi connectivity index (χ1n) is 22.6. The quantitative estimate of drug-likeness (QED) is 0.0853. The molecule has 310 valence electrons. The van der Waals surface area contributed by atoms with Gasteiger partial charge in [0.15, 0.2) is 0 Å². The molecule has 0 N–H and O–H groups in total. The smallest absolute Gasteiger partial charge is 0.0775 e. The number of hydrogen-bond donors (Lipinski definition) is 0. The Morgan fingerprint density at radius 2 is 0.469 bits per heavy atom. The highest BCUT2D eigenvalue weighted by molar-refractivity contribution is 6.89. The molecule has 64 heavy (non-hydrogen) atoms. The van der Waals surface area contributed by atoms with Gasteiger partial charge in [0, 0.05) is 34.1 Å². The van der Waals surface area contributed by atoms with Gasteiger partial charge in [0.25, 0.3) is 0 Å². The van der Waals surface area contributed by atoms with Gasteiger partial charge in [-0.25, -0.2) is 0 Å². The molecular formula is C60H52N2Si2. The predicted molar refractivity (Wildman–Crippen MR) is 287 cm³/mol. The summed E-state index contributed by atoms with van der Waals surface area (Å²) < 4.78 is 0. The van der Waals surface area contributed by atoms with E-state index in [4.69, 9.17) is 0 Å². The van der Waals surface area contributed by atoms with E-state index in [1.807, 2.05) is 0 Å². The number of anilines is 6. The molecule has 2 nitrogen and oxygen atoms in total. The Bertz CT molecular complexity index is 3310. The Morgan fingerprint density at radius 3 is 0.781 bits per heavy atom. The van der Waals surface area contributed by atoms with Crippen molar-refractivity contribution in [3.63, 3.8) is 0 Å². The summed E-state index contributed by atoms with van der Waals surface area (Å²) in [5, 5.41) is 18.1. The number of hydrogen-bond acceptors (Lipinski definition) is 2. The molecule has 0 radical (unpaired) electrons. The maximum Gasteiger partial charge on any atom is 0.0775 e. The highest BCUT2D eigenvalue weighted by Gasteiger charge is 2.22. The molecule has 0 heterocycles. The fourth-order valence-corrected chi connectivity index (χ4v) is 12.3. The summed E-state index contributed by atoms with van der Waals surface area (Å²) in [5.74, 6) is 0. The van der Waals surface area contributed by atoms with E-state index >= 15 is 0 Å². The van der Waals surface area contributed by atoms with Crippen LogP contribution in [-0.2, 0) is 0 Å². The van der Waals surface area contributed by atoms with Crippen LogP contribution in [0.5, 0.6) is 0 Å². The molecule has 0 aliphatic carbocycles. The molecule has 0 aromatic heterocycles. The molecule has 0 atom stereocenters. The molecule has 0 fully saturated rings. The zero-order valence-electron chi connectivity index (χ0n) is 37.5. The monoisotopic (exact) mass is 856 g/mol. The van der Waals surface area contributed by atoms with E-state index < -0.39 is 16.1 Å². The topological polar surface area (TPSA) is 6.48 Å². The fraction of sp³-hybridized carbons (Fsp3) is 0.100. The van der Waals surface area contributed by atoms with Gasteiger partial charge in [0.2, 0.25) is 0 Å². The van der Waals surface area contributed by atoms with Crippen LogP contribution in [0.4, 0.5) is 34.1 Å². The zero-order valence-corrected chi connectivity index (χ0v) is 39.5. The molecule has 0 aliphatic rings. The van der Waals surface area contributed by atoms with Crippen molar-refractivity contribution in [1.29, 1.82) is 0 Å². The van der Waals surface area contributed by atoms with Crippen molar-refractivity contribution in [2.45, 2.75) is 39.3 Å². The Hall–Kier alpha value is -6.99. The number of nitrogens with zero attached hydrogens (tertiary/aromatic N) is 2. The van der Waals surface area contributed by atoms with Gasteiger partial charge < -0.3 is 9.80 Å². The third kappa shape index (κ3) is 6.86. The fourth-order valence-electron chi connectivity index (χ4n) is 9.92. The van der Waals surface area contributed by atoms with Crippen LogP contribution < -0.4 is 20.2 Å². The molecule has 0 amide bonds. The molecule has 0 unspecified atom stereocenters. The maximum atomic E-state index is 2.48. The lowest BCUT2D eigenvalue weighted by molar-refractivity contribution is 1.29. The number of fused-ring (bicyclic) bond motifs is 12. The van der Waals surface area contributed by atoms with E-state index in [0.717, 1.165) is 34.1 Å². The van der Waals surface area contributed by atoms with Crippen LogP contribution in [0.15, 0.2) is 206 Å². The summed E-state index contributed by atoms with van der Waals surface area (Å²) in [6.07, 6.45) is 0. The Balaban J connectivity index is 1.13. The SMILES string of the molecule is C[Si](C)(C)c1ccc(N(c2ccccc2)c2ccc3c(c2)c2ccccc2c2cc4c5ccc(N(c6ccccc6)c6ccc([Si](C)(C)C)cc6)cc5c5ccccc5c4cc32)cc1. The van der Waals surface area contributed by atoms with Gasteiger partial charge in [-0.3, -0.25) is 0 Å². The van der Waals surface area contributed by atoms with Crippen LogP contribution in [0.1, 0.15) is 0 Å². The van der Waals surface area contributed by atoms with Gasteiger partial charge in [0.1, 0.15) is 0 Å². The van der Waals surface area contributed by atoms with Crippen LogP contribution in [0.25, 0.3) is 64.6 Å². The van der Waals surface area contributed by atoms with Gasteiger partial charge in [-0.05, 0) is 150 Å². The molecule has 0 bridgehead atoms. The maximum absolute atomic E-state index is 2.48. The van der Waals surface area contributed by atoms with Gasteiger partial charge in [-0.15, -0.1) is 0 Å². The first-order valence-corrected chi connectivity index (χ1v) is 29.6. The molecule has 0 spiro atoms. The van der Waals surface area contributed by atoms with E-state index in [1.165, 1.54) is 75.0 Å². The number of para-hydroxylation sites is 2. The van der Waals surface area contributed by atoms with Crippen molar-refractivity contribution in [2.24, 2.45) is 0 Å². The Labute approximate surface area is 378 Å². The largest absolute Gasteiger partial charge is 0.310 e. The van der Waals surface area contributed by atoms with Gasteiger partial charge in [-0.2, -0.15) is 0 Å². The van der Waals surface area contributed by atoms with Crippen LogP contribution in [0, 0.1) is 0 Å². The van der Waals surface area contributed by atoms with Crippen molar-refractivity contribution < 1.29 is 0 Å². The van der Waals surface area contributed by atoms with Crippen molar-refractivity contribution in [3.8, 4) is 0 Å². The average Bonchev–Trinajstić information content (AvgIpc) is 3.32. The second kappa shape index (κ2) is 15.4. The van der Waals surface area contributed by atoms with Crippen LogP contribution in [0.3, 0.4) is 0 Å². The zero-order chi connectivity index (χ0) is 43.7. The summed E-state index contributed by atoms with van der Waals surface area (Å²) >= 11 is 0. The van der Waals surface area contributed by atoms with Gasteiger partial charge in [-0.1, -0.05) is 171 Å². The van der Waals surface area contributed by atoms with Crippen molar-refractivity contribution in [3.05, 3.63) is 206 Å². The lowest BCUT2D eigenvalue weighted by Crippen LogP contribution is -2.37. The minimum Gasteiger partial charge on any atom is -0.310 e. The predicted octanol–water partition coefficient (Wildman–Crippen LogP) is 16.6. The third-order valence-electron chi connectivity index (χ3n) is 13.3. The molecule has 0 aliphatic heterocycles. The van der Waals surface area contributed by atoms with E-state index in [1.54, 1.807) is 0 Å². The molecule has 0 saturated carbocycles. The molecule has 0 saturated heterocycles. The van der Waals surface area contributed by atoms with Crippen molar-refractivity contribution in [1.82, 2.24) is 0 Å². The Kier molecular flexibility index (Phi) is 9.57. The van der Waals surface area contributed by atoms with Crippen molar-refractivity contribution in [2.75, 3.05) is 9.80 Å². The summed E-state index contributed by atoms with van der Waals surface area (Å²) in [7, 11) is -2.91. The van der Waals surface area contributed by atoms with E-state index in [-0.39, 0.29) is 0 Å².